The van der Waals surface area contributed by atoms with Crippen molar-refractivity contribution >= 4 is 38.9 Å². The van der Waals surface area contributed by atoms with Crippen molar-refractivity contribution in [3.63, 3.8) is 0 Å². The summed E-state index contributed by atoms with van der Waals surface area (Å²) in [5.41, 5.74) is 6.13. The van der Waals surface area contributed by atoms with Gasteiger partial charge in [-0.15, -0.1) is 11.3 Å². The molecule has 0 aliphatic carbocycles. The standard InChI is InChI=1S/C14H12BrF2NO2S/c1-5(2)9-11(18)13(14(19)20)21-12(9)10-7(16)3-6(15)4-8(10)17/h3-5H,18H2,1-2H3,(H,19,20). The maximum atomic E-state index is 14.1. The maximum absolute atomic E-state index is 14.1. The molecule has 0 spiro atoms. The van der Waals surface area contributed by atoms with Gasteiger partial charge in [0.2, 0.25) is 0 Å². The van der Waals surface area contributed by atoms with Gasteiger partial charge in [-0.2, -0.15) is 0 Å². The topological polar surface area (TPSA) is 63.3 Å². The lowest BCUT2D eigenvalue weighted by Crippen LogP contribution is -2.01. The number of nitrogens with two attached hydrogens (primary N) is 1. The van der Waals surface area contributed by atoms with Crippen LogP contribution in [0.4, 0.5) is 14.5 Å². The monoisotopic (exact) mass is 375 g/mol. The largest absolute Gasteiger partial charge is 0.477 e. The second-order valence-electron chi connectivity index (χ2n) is 4.79. The number of nitrogen functional groups attached to an aromatic ring is 1. The minimum absolute atomic E-state index is 0.0687. The van der Waals surface area contributed by atoms with E-state index in [-0.39, 0.29) is 31.4 Å². The fourth-order valence-corrected chi connectivity index (χ4v) is 3.80. The van der Waals surface area contributed by atoms with Gasteiger partial charge >= 0.3 is 5.97 Å². The van der Waals surface area contributed by atoms with Crippen LogP contribution < -0.4 is 5.73 Å². The molecule has 7 heteroatoms. The molecule has 3 N–H and O–H groups in total. The van der Waals surface area contributed by atoms with Crippen LogP contribution in [0, 0.1) is 11.6 Å². The van der Waals surface area contributed by atoms with Gasteiger partial charge < -0.3 is 10.8 Å². The summed E-state index contributed by atoms with van der Waals surface area (Å²) < 4.78 is 28.5. The maximum Gasteiger partial charge on any atom is 0.348 e. The number of carboxylic acids is 1. The minimum Gasteiger partial charge on any atom is -0.477 e. The molecule has 21 heavy (non-hydrogen) atoms. The zero-order chi connectivity index (χ0) is 15.9. The van der Waals surface area contributed by atoms with E-state index in [0.29, 0.717) is 5.56 Å². The van der Waals surface area contributed by atoms with Gasteiger partial charge in [-0.1, -0.05) is 29.8 Å². The van der Waals surface area contributed by atoms with Crippen LogP contribution >= 0.6 is 27.3 Å². The molecule has 1 aromatic carbocycles. The highest BCUT2D eigenvalue weighted by Crippen LogP contribution is 2.44. The van der Waals surface area contributed by atoms with E-state index in [1.807, 2.05) is 0 Å². The number of benzene rings is 1. The molecule has 0 radical (unpaired) electrons. The third-order valence-electron chi connectivity index (χ3n) is 2.99. The fraction of sp³-hybridized carbons (Fsp3) is 0.214. The van der Waals surface area contributed by atoms with Crippen molar-refractivity contribution in [1.29, 1.82) is 0 Å². The normalized spacial score (nSPS) is 11.1. The van der Waals surface area contributed by atoms with Gasteiger partial charge in [0.25, 0.3) is 0 Å². The molecule has 0 unspecified atom stereocenters. The van der Waals surface area contributed by atoms with Crippen molar-refractivity contribution in [2.75, 3.05) is 5.73 Å². The zero-order valence-electron chi connectivity index (χ0n) is 11.2. The Bertz CT molecular complexity index is 705. The second kappa shape index (κ2) is 5.73. The number of carbonyl (C=O) groups is 1. The Morgan fingerprint density at radius 1 is 1.33 bits per heavy atom. The van der Waals surface area contributed by atoms with E-state index >= 15 is 0 Å². The Kier molecular flexibility index (Phi) is 4.34. The van der Waals surface area contributed by atoms with E-state index in [1.54, 1.807) is 13.8 Å². The number of halogens is 3. The average Bonchev–Trinajstić information content (AvgIpc) is 2.65. The van der Waals surface area contributed by atoms with Crippen LogP contribution in [0.1, 0.15) is 35.0 Å². The van der Waals surface area contributed by atoms with Crippen LogP contribution in [0.5, 0.6) is 0 Å². The van der Waals surface area contributed by atoms with E-state index in [9.17, 15) is 13.6 Å². The quantitative estimate of drug-likeness (QED) is 0.804. The van der Waals surface area contributed by atoms with Gasteiger partial charge in [0, 0.05) is 9.35 Å². The summed E-state index contributed by atoms with van der Waals surface area (Å²) in [4.78, 5) is 11.3. The van der Waals surface area contributed by atoms with Crippen molar-refractivity contribution < 1.29 is 18.7 Å². The van der Waals surface area contributed by atoms with Crippen LogP contribution in [-0.4, -0.2) is 11.1 Å². The zero-order valence-corrected chi connectivity index (χ0v) is 13.6. The molecule has 0 aliphatic heterocycles. The van der Waals surface area contributed by atoms with E-state index < -0.39 is 17.6 Å². The summed E-state index contributed by atoms with van der Waals surface area (Å²) in [6, 6.07) is 2.28. The number of rotatable bonds is 3. The molecule has 2 rings (SSSR count). The number of carboxylic acid groups (broad SMARTS) is 1. The Morgan fingerprint density at radius 2 is 1.86 bits per heavy atom. The van der Waals surface area contributed by atoms with Gasteiger partial charge in [0.15, 0.2) is 0 Å². The number of anilines is 1. The summed E-state index contributed by atoms with van der Waals surface area (Å²) in [5.74, 6) is -2.89. The molecule has 0 atom stereocenters. The molecule has 0 saturated carbocycles. The number of hydrogen-bond donors (Lipinski definition) is 2. The Hall–Kier alpha value is -1.47. The highest BCUT2D eigenvalue weighted by Gasteiger charge is 2.26. The van der Waals surface area contributed by atoms with Crippen molar-refractivity contribution in [3.8, 4) is 10.4 Å². The van der Waals surface area contributed by atoms with Crippen LogP contribution in [0.15, 0.2) is 16.6 Å². The molecular formula is C14H12BrF2NO2S. The fourth-order valence-electron chi connectivity index (χ4n) is 2.13. The minimum atomic E-state index is -1.21. The average molecular weight is 376 g/mol. The first kappa shape index (κ1) is 15.9. The lowest BCUT2D eigenvalue weighted by molar-refractivity contribution is 0.0703. The predicted octanol–water partition coefficient (Wildman–Crippen LogP) is 4.86. The first-order chi connectivity index (χ1) is 9.73. The van der Waals surface area contributed by atoms with Gasteiger partial charge in [-0.25, -0.2) is 13.6 Å². The van der Waals surface area contributed by atoms with Crippen LogP contribution in [0.3, 0.4) is 0 Å². The first-order valence-corrected chi connectivity index (χ1v) is 7.65. The Morgan fingerprint density at radius 3 is 2.29 bits per heavy atom. The third kappa shape index (κ3) is 2.80. The first-order valence-electron chi connectivity index (χ1n) is 6.04. The highest BCUT2D eigenvalue weighted by atomic mass is 79.9. The third-order valence-corrected chi connectivity index (χ3v) is 4.67. The van der Waals surface area contributed by atoms with Gasteiger partial charge in [0.05, 0.1) is 11.3 Å². The lowest BCUT2D eigenvalue weighted by Gasteiger charge is -2.10. The SMILES string of the molecule is CC(C)c1c(-c2c(F)cc(Br)cc2F)sc(C(=O)O)c1N. The van der Waals surface area contributed by atoms with Gasteiger partial charge in [-0.05, 0) is 23.6 Å². The molecule has 0 saturated heterocycles. The molecule has 0 amide bonds. The summed E-state index contributed by atoms with van der Waals surface area (Å²) in [5, 5.41) is 9.15. The molecule has 1 heterocycles. The molecule has 112 valence electrons. The Labute approximate surface area is 132 Å². The molecule has 3 nitrogen and oxygen atoms in total. The van der Waals surface area contributed by atoms with Crippen molar-refractivity contribution in [2.45, 2.75) is 19.8 Å². The van der Waals surface area contributed by atoms with Crippen molar-refractivity contribution in [2.24, 2.45) is 0 Å². The molecule has 0 fully saturated rings. The molecule has 2 aromatic rings. The molecule has 0 aliphatic rings. The van der Waals surface area contributed by atoms with Gasteiger partial charge in [-0.3, -0.25) is 0 Å². The number of hydrogen-bond acceptors (Lipinski definition) is 3. The van der Waals surface area contributed by atoms with Crippen molar-refractivity contribution in [1.82, 2.24) is 0 Å². The molecule has 0 bridgehead atoms. The second-order valence-corrected chi connectivity index (χ2v) is 6.73. The summed E-state index contributed by atoms with van der Waals surface area (Å²) in [6.45, 7) is 3.59. The van der Waals surface area contributed by atoms with E-state index in [0.717, 1.165) is 23.5 Å². The van der Waals surface area contributed by atoms with Crippen LogP contribution in [0.25, 0.3) is 10.4 Å². The van der Waals surface area contributed by atoms with Crippen molar-refractivity contribution in [3.05, 3.63) is 38.7 Å². The highest BCUT2D eigenvalue weighted by molar-refractivity contribution is 9.10. The summed E-state index contributed by atoms with van der Waals surface area (Å²) in [6.07, 6.45) is 0. The van der Waals surface area contributed by atoms with Gasteiger partial charge in [0.1, 0.15) is 16.5 Å². The molecule has 1 aromatic heterocycles. The smallest absolute Gasteiger partial charge is 0.348 e. The Balaban J connectivity index is 2.81. The number of aromatic carboxylic acids is 1. The van der Waals surface area contributed by atoms with Crippen LogP contribution in [-0.2, 0) is 0 Å². The summed E-state index contributed by atoms with van der Waals surface area (Å²) in [7, 11) is 0. The van der Waals surface area contributed by atoms with E-state index in [1.165, 1.54) is 0 Å². The van der Waals surface area contributed by atoms with E-state index in [2.05, 4.69) is 15.9 Å². The predicted molar refractivity (Wildman–Crippen MR) is 82.8 cm³/mol. The number of thiophene rings is 1. The van der Waals surface area contributed by atoms with Crippen LogP contribution in [0.2, 0.25) is 0 Å². The lowest BCUT2D eigenvalue weighted by atomic mass is 9.98. The van der Waals surface area contributed by atoms with E-state index in [4.69, 9.17) is 10.8 Å². The molecular weight excluding hydrogens is 364 g/mol. The summed E-state index contributed by atoms with van der Waals surface area (Å²) >= 11 is 3.80.